The highest BCUT2D eigenvalue weighted by Crippen LogP contribution is 2.14. The van der Waals surface area contributed by atoms with Crippen molar-refractivity contribution in [1.82, 2.24) is 25.1 Å². The van der Waals surface area contributed by atoms with Crippen molar-refractivity contribution in [1.29, 1.82) is 0 Å². The normalized spacial score (nSPS) is 11.2. The summed E-state index contributed by atoms with van der Waals surface area (Å²) in [5.74, 6) is 2.19. The Kier molecular flexibility index (Phi) is 6.04. The number of hydrogen-bond acceptors (Lipinski definition) is 6. The topological polar surface area (TPSA) is 46.8 Å². The highest BCUT2D eigenvalue weighted by molar-refractivity contribution is 8.02. The van der Waals surface area contributed by atoms with Crippen molar-refractivity contribution in [2.75, 3.05) is 38.4 Å². The van der Waals surface area contributed by atoms with Crippen molar-refractivity contribution in [2.45, 2.75) is 11.7 Å². The van der Waals surface area contributed by atoms with E-state index in [2.05, 4.69) is 26.7 Å². The molecule has 0 aromatic carbocycles. The Morgan fingerprint density at radius 2 is 2.13 bits per heavy atom. The maximum atomic E-state index is 4.00. The number of hydrogen-bond donors (Lipinski definition) is 0. The second-order valence-corrected chi connectivity index (χ2v) is 5.38. The Labute approximate surface area is 99.0 Å². The van der Waals surface area contributed by atoms with E-state index in [4.69, 9.17) is 0 Å². The van der Waals surface area contributed by atoms with Crippen LogP contribution in [0.2, 0.25) is 0 Å². The van der Waals surface area contributed by atoms with Crippen LogP contribution in [0.15, 0.2) is 5.16 Å². The van der Waals surface area contributed by atoms with E-state index >= 15 is 0 Å². The number of likely N-dealkylation sites (N-methyl/N-ethyl adjacent to an activating group) is 1. The molecule has 1 aromatic rings. The molecule has 0 aliphatic heterocycles. The molecule has 1 rings (SSSR count). The van der Waals surface area contributed by atoms with Gasteiger partial charge in [0.2, 0.25) is 5.16 Å². The molecule has 0 unspecified atom stereocenters. The minimum Gasteiger partial charge on any atom is -0.308 e. The van der Waals surface area contributed by atoms with Crippen LogP contribution in [0.1, 0.15) is 0 Å². The number of rotatable bonds is 7. The smallest absolute Gasteiger partial charge is 0.209 e. The van der Waals surface area contributed by atoms with Crippen molar-refractivity contribution in [3.05, 3.63) is 0 Å². The second-order valence-electron chi connectivity index (χ2n) is 3.33. The van der Waals surface area contributed by atoms with Crippen LogP contribution in [-0.2, 0) is 6.54 Å². The van der Waals surface area contributed by atoms with E-state index in [0.29, 0.717) is 0 Å². The average Bonchev–Trinajstić information content (AvgIpc) is 2.63. The monoisotopic (exact) mass is 247 g/mol. The molecule has 0 aliphatic carbocycles. The zero-order valence-corrected chi connectivity index (χ0v) is 11.0. The summed E-state index contributed by atoms with van der Waals surface area (Å²) in [4.78, 5) is 2.12. The number of aromatic nitrogens is 4. The standard InChI is InChI=1S/C8H17N5S2/c1-12(2)4-5-13-8(9-10-11-13)15-7-6-14-3/h4-7H2,1-3H3. The van der Waals surface area contributed by atoms with Crippen LogP contribution in [0.4, 0.5) is 0 Å². The third kappa shape index (κ3) is 4.85. The highest BCUT2D eigenvalue weighted by Gasteiger charge is 2.05. The van der Waals surface area contributed by atoms with Gasteiger partial charge in [-0.15, -0.1) is 5.10 Å². The molecule has 0 N–H and O–H groups in total. The average molecular weight is 247 g/mol. The molecule has 0 saturated carbocycles. The predicted octanol–water partition coefficient (Wildman–Crippen LogP) is 0.690. The highest BCUT2D eigenvalue weighted by atomic mass is 32.2. The van der Waals surface area contributed by atoms with Gasteiger partial charge < -0.3 is 4.90 Å². The quantitative estimate of drug-likeness (QED) is 0.522. The molecule has 0 radical (unpaired) electrons. The Morgan fingerprint density at radius 3 is 2.80 bits per heavy atom. The zero-order chi connectivity index (χ0) is 11.1. The van der Waals surface area contributed by atoms with E-state index in [1.165, 1.54) is 0 Å². The first-order valence-corrected chi connectivity index (χ1v) is 7.14. The number of thioether (sulfide) groups is 2. The van der Waals surface area contributed by atoms with Crippen molar-refractivity contribution < 1.29 is 0 Å². The van der Waals surface area contributed by atoms with E-state index in [0.717, 1.165) is 29.8 Å². The first-order valence-electron chi connectivity index (χ1n) is 4.76. The molecule has 0 spiro atoms. The summed E-state index contributed by atoms with van der Waals surface area (Å²) in [6, 6.07) is 0. The minimum atomic E-state index is 0.849. The van der Waals surface area contributed by atoms with Crippen LogP contribution in [0.25, 0.3) is 0 Å². The molecule has 0 aliphatic rings. The Bertz CT molecular complexity index is 276. The molecule has 0 saturated heterocycles. The molecular formula is C8H17N5S2. The summed E-state index contributed by atoms with van der Waals surface area (Å²) in [5.41, 5.74) is 0. The molecule has 0 fully saturated rings. The zero-order valence-electron chi connectivity index (χ0n) is 9.38. The van der Waals surface area contributed by atoms with Crippen LogP contribution in [0, 0.1) is 0 Å². The van der Waals surface area contributed by atoms with Crippen LogP contribution in [0.5, 0.6) is 0 Å². The van der Waals surface area contributed by atoms with Crippen LogP contribution in [-0.4, -0.2) is 63.5 Å². The van der Waals surface area contributed by atoms with Gasteiger partial charge in [0.05, 0.1) is 6.54 Å². The van der Waals surface area contributed by atoms with Crippen LogP contribution >= 0.6 is 23.5 Å². The van der Waals surface area contributed by atoms with Gasteiger partial charge in [-0.1, -0.05) is 11.8 Å². The van der Waals surface area contributed by atoms with Crippen LogP contribution in [0.3, 0.4) is 0 Å². The summed E-state index contributed by atoms with van der Waals surface area (Å²) < 4.78 is 1.87. The van der Waals surface area contributed by atoms with E-state index in [9.17, 15) is 0 Å². The number of nitrogens with zero attached hydrogens (tertiary/aromatic N) is 5. The first-order chi connectivity index (χ1) is 7.24. The van der Waals surface area contributed by atoms with E-state index < -0.39 is 0 Å². The molecule has 5 nitrogen and oxygen atoms in total. The molecule has 7 heteroatoms. The van der Waals surface area contributed by atoms with E-state index in [1.807, 2.05) is 30.5 Å². The van der Waals surface area contributed by atoms with Gasteiger partial charge in [-0.2, -0.15) is 11.8 Å². The first kappa shape index (κ1) is 12.8. The molecular weight excluding hydrogens is 230 g/mol. The predicted molar refractivity (Wildman–Crippen MR) is 65.5 cm³/mol. The summed E-state index contributed by atoms with van der Waals surface area (Å²) in [7, 11) is 4.09. The number of tetrazole rings is 1. The fourth-order valence-electron chi connectivity index (χ4n) is 0.951. The fourth-order valence-corrected chi connectivity index (χ4v) is 2.50. The summed E-state index contributed by atoms with van der Waals surface area (Å²) in [6.45, 7) is 1.81. The van der Waals surface area contributed by atoms with Crippen LogP contribution < -0.4 is 0 Å². The summed E-state index contributed by atoms with van der Waals surface area (Å²) in [6.07, 6.45) is 2.11. The van der Waals surface area contributed by atoms with Crippen molar-refractivity contribution >= 4 is 23.5 Å². The van der Waals surface area contributed by atoms with Gasteiger partial charge >= 0.3 is 0 Å². The lowest BCUT2D eigenvalue weighted by molar-refractivity contribution is 0.361. The summed E-state index contributed by atoms with van der Waals surface area (Å²) >= 11 is 3.56. The minimum absolute atomic E-state index is 0.849. The third-order valence-corrected chi connectivity index (χ3v) is 3.61. The second kappa shape index (κ2) is 7.08. The molecule has 1 heterocycles. The van der Waals surface area contributed by atoms with Crippen molar-refractivity contribution in [3.8, 4) is 0 Å². The molecule has 0 atom stereocenters. The van der Waals surface area contributed by atoms with Gasteiger partial charge in [0.15, 0.2) is 0 Å². The lowest BCUT2D eigenvalue weighted by atomic mass is 10.6. The van der Waals surface area contributed by atoms with Crippen molar-refractivity contribution in [3.63, 3.8) is 0 Å². The molecule has 15 heavy (non-hydrogen) atoms. The van der Waals surface area contributed by atoms with Crippen molar-refractivity contribution in [2.24, 2.45) is 0 Å². The van der Waals surface area contributed by atoms with Gasteiger partial charge in [-0.3, -0.25) is 0 Å². The lowest BCUT2D eigenvalue weighted by Gasteiger charge is -2.09. The van der Waals surface area contributed by atoms with Gasteiger partial charge in [0.1, 0.15) is 0 Å². The Hall–Kier alpha value is -0.270. The Morgan fingerprint density at radius 1 is 1.33 bits per heavy atom. The largest absolute Gasteiger partial charge is 0.308 e. The summed E-state index contributed by atoms with van der Waals surface area (Å²) in [5, 5.41) is 12.6. The maximum absolute atomic E-state index is 4.00. The molecule has 0 amide bonds. The fraction of sp³-hybridized carbons (Fsp3) is 0.875. The molecule has 0 bridgehead atoms. The van der Waals surface area contributed by atoms with Gasteiger partial charge in [0, 0.05) is 18.1 Å². The van der Waals surface area contributed by atoms with Gasteiger partial charge in [0.25, 0.3) is 0 Å². The van der Waals surface area contributed by atoms with E-state index in [-0.39, 0.29) is 0 Å². The van der Waals surface area contributed by atoms with E-state index in [1.54, 1.807) is 11.8 Å². The molecule has 86 valence electrons. The SMILES string of the molecule is CSCCSc1nnnn1CCN(C)C. The van der Waals surface area contributed by atoms with Gasteiger partial charge in [-0.25, -0.2) is 4.68 Å². The van der Waals surface area contributed by atoms with Gasteiger partial charge in [-0.05, 0) is 30.8 Å². The maximum Gasteiger partial charge on any atom is 0.209 e. The Balaban J connectivity index is 2.39. The third-order valence-electron chi connectivity index (χ3n) is 1.78. The lowest BCUT2D eigenvalue weighted by Crippen LogP contribution is -2.19. The molecule has 1 aromatic heterocycles.